The van der Waals surface area contributed by atoms with E-state index in [1.54, 1.807) is 0 Å². The number of imidazole rings is 1. The monoisotopic (exact) mass is 323 g/mol. The number of para-hydroxylation sites is 1. The van der Waals surface area contributed by atoms with Gasteiger partial charge in [0.25, 0.3) is 0 Å². The third-order valence-electron chi connectivity index (χ3n) is 4.05. The lowest BCUT2D eigenvalue weighted by Gasteiger charge is -2.14. The Morgan fingerprint density at radius 2 is 1.88 bits per heavy atom. The highest BCUT2D eigenvalue weighted by atomic mass is 15.3. The zero-order chi connectivity index (χ0) is 17.2. The zero-order valence-electron chi connectivity index (χ0n) is 14.8. The van der Waals surface area contributed by atoms with Gasteiger partial charge in [-0.15, -0.1) is 0 Å². The van der Waals surface area contributed by atoms with E-state index in [0.717, 1.165) is 29.6 Å². The van der Waals surface area contributed by atoms with E-state index in [9.17, 15) is 0 Å². The molecule has 0 saturated carbocycles. The molecule has 0 atom stereocenters. The molecule has 1 aromatic carbocycles. The van der Waals surface area contributed by atoms with Crippen LogP contribution in [0.15, 0.2) is 48.8 Å². The van der Waals surface area contributed by atoms with Crippen LogP contribution in [-0.4, -0.2) is 19.3 Å². The summed E-state index contributed by atoms with van der Waals surface area (Å²) in [7, 11) is 0. The third kappa shape index (κ3) is 3.35. The van der Waals surface area contributed by atoms with E-state index >= 15 is 0 Å². The first-order chi connectivity index (χ1) is 11.5. The maximum absolute atomic E-state index is 4.82. The van der Waals surface area contributed by atoms with E-state index in [2.05, 4.69) is 60.8 Å². The molecule has 0 saturated heterocycles. The number of nitrogens with one attached hydrogen (secondary N) is 1. The van der Waals surface area contributed by atoms with Crippen molar-refractivity contribution >= 4 is 5.82 Å². The minimum atomic E-state index is -0.00164. The number of anilines is 1. The summed E-state index contributed by atoms with van der Waals surface area (Å²) in [5.74, 6) is 2.01. The Labute approximate surface area is 143 Å². The number of aryl methyl sites for hydroxylation is 1. The van der Waals surface area contributed by atoms with E-state index in [1.165, 1.54) is 0 Å². The summed E-state index contributed by atoms with van der Waals surface area (Å²) in [6.07, 6.45) is 3.85. The third-order valence-corrected chi connectivity index (χ3v) is 4.05. The first kappa shape index (κ1) is 16.3. The number of nitrogens with zero attached hydrogens (tertiary/aromatic N) is 4. The average Bonchev–Trinajstić information content (AvgIpc) is 3.19. The van der Waals surface area contributed by atoms with E-state index in [4.69, 9.17) is 5.10 Å². The van der Waals surface area contributed by atoms with Gasteiger partial charge in [0.1, 0.15) is 11.6 Å². The van der Waals surface area contributed by atoms with Gasteiger partial charge in [-0.05, 0) is 19.1 Å². The summed E-state index contributed by atoms with van der Waals surface area (Å²) in [5.41, 5.74) is 2.11. The van der Waals surface area contributed by atoms with E-state index < -0.39 is 0 Å². The molecule has 5 nitrogen and oxygen atoms in total. The average molecular weight is 323 g/mol. The molecule has 126 valence electrons. The molecule has 0 aliphatic heterocycles. The normalized spacial score (nSPS) is 11.7. The van der Waals surface area contributed by atoms with Crippen LogP contribution >= 0.6 is 0 Å². The van der Waals surface area contributed by atoms with Gasteiger partial charge in [-0.2, -0.15) is 5.10 Å². The van der Waals surface area contributed by atoms with Crippen molar-refractivity contribution < 1.29 is 0 Å². The number of hydrogen-bond donors (Lipinski definition) is 1. The highest BCUT2D eigenvalue weighted by Crippen LogP contribution is 2.26. The van der Waals surface area contributed by atoms with Gasteiger partial charge in [0.2, 0.25) is 0 Å². The smallest absolute Gasteiger partial charge is 0.130 e. The Bertz CT molecular complexity index is 793. The highest BCUT2D eigenvalue weighted by Gasteiger charge is 2.20. The molecule has 3 rings (SSSR count). The highest BCUT2D eigenvalue weighted by molar-refractivity contribution is 5.47. The van der Waals surface area contributed by atoms with E-state index in [1.807, 2.05) is 35.3 Å². The molecular weight excluding hydrogens is 298 g/mol. The van der Waals surface area contributed by atoms with Crippen molar-refractivity contribution in [3.05, 3.63) is 60.3 Å². The van der Waals surface area contributed by atoms with Crippen LogP contribution in [0.2, 0.25) is 0 Å². The number of hydrogen-bond acceptors (Lipinski definition) is 3. The van der Waals surface area contributed by atoms with Crippen molar-refractivity contribution in [2.24, 2.45) is 0 Å². The Hall–Kier alpha value is -2.56. The van der Waals surface area contributed by atoms with E-state index in [-0.39, 0.29) is 5.41 Å². The second-order valence-electron chi connectivity index (χ2n) is 6.90. The van der Waals surface area contributed by atoms with Gasteiger partial charge in [0.05, 0.1) is 17.9 Å². The maximum Gasteiger partial charge on any atom is 0.130 e. The predicted molar refractivity (Wildman–Crippen MR) is 97.5 cm³/mol. The van der Waals surface area contributed by atoms with Crippen LogP contribution in [0.25, 0.3) is 5.69 Å². The second kappa shape index (κ2) is 6.51. The standard InChI is InChI=1S/C19H25N5/c1-5-23-12-11-20-18(23)14-21-17-13-16(19(2,3)4)22-24(17)15-9-7-6-8-10-15/h6-13,21H,5,14H2,1-4H3. The van der Waals surface area contributed by atoms with Crippen molar-refractivity contribution in [3.63, 3.8) is 0 Å². The summed E-state index contributed by atoms with van der Waals surface area (Å²) in [6.45, 7) is 10.2. The molecule has 0 radical (unpaired) electrons. The zero-order valence-corrected chi connectivity index (χ0v) is 14.8. The molecule has 24 heavy (non-hydrogen) atoms. The maximum atomic E-state index is 4.82. The lowest BCUT2D eigenvalue weighted by molar-refractivity contribution is 0.560. The molecular formula is C19H25N5. The van der Waals surface area contributed by atoms with Crippen LogP contribution in [0.5, 0.6) is 0 Å². The van der Waals surface area contributed by atoms with Crippen LogP contribution in [0.4, 0.5) is 5.82 Å². The summed E-state index contributed by atoms with van der Waals surface area (Å²) < 4.78 is 4.11. The summed E-state index contributed by atoms with van der Waals surface area (Å²) >= 11 is 0. The first-order valence-electron chi connectivity index (χ1n) is 8.39. The molecule has 0 amide bonds. The molecule has 0 fully saturated rings. The van der Waals surface area contributed by atoms with E-state index in [0.29, 0.717) is 6.54 Å². The minimum absolute atomic E-state index is 0.00164. The molecule has 0 aliphatic rings. The number of aromatic nitrogens is 4. The van der Waals surface area contributed by atoms with Gasteiger partial charge in [-0.3, -0.25) is 0 Å². The SMILES string of the molecule is CCn1ccnc1CNc1cc(C(C)(C)C)nn1-c1ccccc1. The molecule has 2 heterocycles. The van der Waals surface area contributed by atoms with Gasteiger partial charge < -0.3 is 9.88 Å². The quantitative estimate of drug-likeness (QED) is 0.772. The lowest BCUT2D eigenvalue weighted by atomic mass is 9.92. The predicted octanol–water partition coefficient (Wildman–Crippen LogP) is 4.00. The van der Waals surface area contributed by atoms with Crippen LogP contribution < -0.4 is 5.32 Å². The van der Waals surface area contributed by atoms with Crippen LogP contribution in [0.1, 0.15) is 39.2 Å². The summed E-state index contributed by atoms with van der Waals surface area (Å²) in [4.78, 5) is 4.43. The number of rotatable bonds is 5. The molecule has 0 aliphatic carbocycles. The van der Waals surface area contributed by atoms with Gasteiger partial charge in [-0.25, -0.2) is 9.67 Å². The fourth-order valence-electron chi connectivity index (χ4n) is 2.60. The van der Waals surface area contributed by atoms with Crippen molar-refractivity contribution in [2.45, 2.75) is 46.2 Å². The Morgan fingerprint density at radius 3 is 2.54 bits per heavy atom. The second-order valence-corrected chi connectivity index (χ2v) is 6.90. The Kier molecular flexibility index (Phi) is 4.42. The van der Waals surface area contributed by atoms with Gasteiger partial charge in [-0.1, -0.05) is 39.0 Å². The first-order valence-corrected chi connectivity index (χ1v) is 8.39. The lowest BCUT2D eigenvalue weighted by Crippen LogP contribution is -2.12. The van der Waals surface area contributed by atoms with Crippen molar-refractivity contribution in [1.82, 2.24) is 19.3 Å². The largest absolute Gasteiger partial charge is 0.363 e. The topological polar surface area (TPSA) is 47.7 Å². The number of benzene rings is 1. The van der Waals surface area contributed by atoms with Crippen LogP contribution in [0.3, 0.4) is 0 Å². The Morgan fingerprint density at radius 1 is 1.12 bits per heavy atom. The van der Waals surface area contributed by atoms with Gasteiger partial charge in [0, 0.05) is 30.4 Å². The summed E-state index contributed by atoms with van der Waals surface area (Å²) in [5, 5.41) is 8.32. The van der Waals surface area contributed by atoms with Crippen LogP contribution in [-0.2, 0) is 18.5 Å². The summed E-state index contributed by atoms with van der Waals surface area (Å²) in [6, 6.07) is 12.3. The fraction of sp³-hybridized carbons (Fsp3) is 0.368. The van der Waals surface area contributed by atoms with Gasteiger partial charge >= 0.3 is 0 Å². The molecule has 1 N–H and O–H groups in total. The van der Waals surface area contributed by atoms with Crippen LogP contribution in [0, 0.1) is 0 Å². The molecule has 5 heteroatoms. The minimum Gasteiger partial charge on any atom is -0.363 e. The van der Waals surface area contributed by atoms with Gasteiger partial charge in [0.15, 0.2) is 0 Å². The van der Waals surface area contributed by atoms with Crippen molar-refractivity contribution in [2.75, 3.05) is 5.32 Å². The van der Waals surface area contributed by atoms with Crippen molar-refractivity contribution in [1.29, 1.82) is 0 Å². The molecule has 0 spiro atoms. The Balaban J connectivity index is 1.92. The molecule has 3 aromatic rings. The molecule has 0 bridgehead atoms. The molecule has 0 unspecified atom stereocenters. The fourth-order valence-corrected chi connectivity index (χ4v) is 2.60. The molecule has 2 aromatic heterocycles. The van der Waals surface area contributed by atoms with Crippen molar-refractivity contribution in [3.8, 4) is 5.69 Å².